The van der Waals surface area contributed by atoms with E-state index < -0.39 is 0 Å². The van der Waals surface area contributed by atoms with Crippen LogP contribution in [0, 0.1) is 0 Å². The average molecular weight is 254 g/mol. The Bertz CT molecular complexity index is 636. The highest BCUT2D eigenvalue weighted by Gasteiger charge is 2.18. The molecule has 4 heteroatoms. The van der Waals surface area contributed by atoms with Gasteiger partial charge in [0.1, 0.15) is 0 Å². The summed E-state index contributed by atoms with van der Waals surface area (Å²) in [5.74, 6) is 0.652. The number of phenols is 1. The zero-order valence-corrected chi connectivity index (χ0v) is 10.6. The van der Waals surface area contributed by atoms with Crippen LogP contribution in [0.5, 0.6) is 11.5 Å². The molecule has 96 valence electrons. The Morgan fingerprint density at radius 1 is 1.21 bits per heavy atom. The van der Waals surface area contributed by atoms with E-state index in [1.807, 2.05) is 18.2 Å². The number of ether oxygens (including phenoxy) is 1. The molecule has 0 amide bonds. The fourth-order valence-corrected chi connectivity index (χ4v) is 2.33. The second-order valence-electron chi connectivity index (χ2n) is 4.40. The van der Waals surface area contributed by atoms with Gasteiger partial charge in [-0.1, -0.05) is 0 Å². The molecular formula is C15H14N2O2. The molecule has 3 rings (SSSR count). The van der Waals surface area contributed by atoms with Crippen LogP contribution in [0.15, 0.2) is 41.7 Å². The lowest BCUT2D eigenvalue weighted by Gasteiger charge is -2.18. The monoisotopic (exact) mass is 254 g/mol. The first-order chi connectivity index (χ1) is 9.29. The van der Waals surface area contributed by atoms with Crippen molar-refractivity contribution in [1.82, 2.24) is 4.98 Å². The molecule has 2 heterocycles. The molecule has 0 unspecified atom stereocenters. The van der Waals surface area contributed by atoms with Gasteiger partial charge in [0.05, 0.1) is 12.8 Å². The van der Waals surface area contributed by atoms with E-state index >= 15 is 0 Å². The molecule has 2 aromatic rings. The topological polar surface area (TPSA) is 54.7 Å². The first kappa shape index (κ1) is 11.7. The number of aromatic hydroxyl groups is 1. The number of fused-ring (bicyclic) bond motifs is 1. The van der Waals surface area contributed by atoms with Crippen LogP contribution in [0.4, 0.5) is 0 Å². The second kappa shape index (κ2) is 4.72. The molecule has 0 bridgehead atoms. The number of rotatable bonds is 2. The number of pyridine rings is 1. The van der Waals surface area contributed by atoms with E-state index in [-0.39, 0.29) is 5.75 Å². The summed E-state index contributed by atoms with van der Waals surface area (Å²) in [7, 11) is 1.55. The van der Waals surface area contributed by atoms with Crippen molar-refractivity contribution in [2.75, 3.05) is 13.7 Å². The zero-order valence-electron chi connectivity index (χ0n) is 10.6. The largest absolute Gasteiger partial charge is 0.504 e. The molecule has 1 aliphatic heterocycles. The number of hydrogen-bond donors (Lipinski definition) is 1. The fraction of sp³-hybridized carbons (Fsp3) is 0.200. The lowest BCUT2D eigenvalue weighted by atomic mass is 9.93. The third-order valence-electron chi connectivity index (χ3n) is 3.26. The quantitative estimate of drug-likeness (QED) is 0.893. The van der Waals surface area contributed by atoms with Gasteiger partial charge in [-0.3, -0.25) is 9.98 Å². The minimum Gasteiger partial charge on any atom is -0.504 e. The van der Waals surface area contributed by atoms with Crippen LogP contribution in [-0.2, 0) is 6.42 Å². The number of aromatic nitrogens is 1. The summed E-state index contributed by atoms with van der Waals surface area (Å²) in [5.41, 5.74) is 4.08. The number of benzene rings is 1. The van der Waals surface area contributed by atoms with E-state index in [4.69, 9.17) is 4.74 Å². The van der Waals surface area contributed by atoms with Gasteiger partial charge in [-0.15, -0.1) is 0 Å². The van der Waals surface area contributed by atoms with E-state index in [9.17, 15) is 5.11 Å². The van der Waals surface area contributed by atoms with Crippen molar-refractivity contribution in [3.63, 3.8) is 0 Å². The molecule has 0 radical (unpaired) electrons. The lowest BCUT2D eigenvalue weighted by molar-refractivity contribution is 0.373. The highest BCUT2D eigenvalue weighted by Crippen LogP contribution is 2.32. The van der Waals surface area contributed by atoms with Crippen LogP contribution in [-0.4, -0.2) is 29.5 Å². The average Bonchev–Trinajstić information content (AvgIpc) is 2.46. The standard InChI is InChI=1S/C15H14N2O2/c1-19-14-9-12-11(8-13(14)18)4-7-17-15(12)10-2-5-16-6-3-10/h2-3,5-6,8-9,18H,4,7H2,1H3. The molecule has 0 fully saturated rings. The van der Waals surface area contributed by atoms with E-state index in [1.165, 1.54) is 0 Å². The predicted molar refractivity (Wildman–Crippen MR) is 73.1 cm³/mol. The van der Waals surface area contributed by atoms with Gasteiger partial charge < -0.3 is 9.84 Å². The molecule has 1 aromatic carbocycles. The van der Waals surface area contributed by atoms with Crippen LogP contribution in [0.25, 0.3) is 0 Å². The Morgan fingerprint density at radius 2 is 2.00 bits per heavy atom. The van der Waals surface area contributed by atoms with E-state index in [2.05, 4.69) is 9.98 Å². The Labute approximate surface area is 111 Å². The van der Waals surface area contributed by atoms with E-state index in [1.54, 1.807) is 25.6 Å². The van der Waals surface area contributed by atoms with Gasteiger partial charge in [0.15, 0.2) is 11.5 Å². The molecule has 1 aromatic heterocycles. The second-order valence-corrected chi connectivity index (χ2v) is 4.40. The summed E-state index contributed by atoms with van der Waals surface area (Å²) in [4.78, 5) is 8.62. The third kappa shape index (κ3) is 2.05. The predicted octanol–water partition coefficient (Wildman–Crippen LogP) is 2.19. The Hall–Kier alpha value is -2.36. The van der Waals surface area contributed by atoms with Crippen LogP contribution < -0.4 is 4.74 Å². The molecule has 1 N–H and O–H groups in total. The van der Waals surface area contributed by atoms with Gasteiger partial charge in [-0.25, -0.2) is 0 Å². The molecule has 0 saturated carbocycles. The number of phenolic OH excluding ortho intramolecular Hbond substituents is 1. The van der Waals surface area contributed by atoms with Gasteiger partial charge in [0, 0.05) is 30.1 Å². The summed E-state index contributed by atoms with van der Waals surface area (Å²) in [6.07, 6.45) is 4.34. The fourth-order valence-electron chi connectivity index (χ4n) is 2.33. The number of hydrogen-bond acceptors (Lipinski definition) is 4. The van der Waals surface area contributed by atoms with Crippen molar-refractivity contribution in [3.8, 4) is 11.5 Å². The van der Waals surface area contributed by atoms with E-state index in [0.29, 0.717) is 5.75 Å². The number of methoxy groups -OCH3 is 1. The Balaban J connectivity index is 2.14. The van der Waals surface area contributed by atoms with Crippen LogP contribution in [0.2, 0.25) is 0 Å². The molecule has 19 heavy (non-hydrogen) atoms. The van der Waals surface area contributed by atoms with Crippen molar-refractivity contribution < 1.29 is 9.84 Å². The molecule has 0 aliphatic carbocycles. The maximum atomic E-state index is 9.85. The maximum Gasteiger partial charge on any atom is 0.161 e. The summed E-state index contributed by atoms with van der Waals surface area (Å²) in [6.45, 7) is 0.733. The highest BCUT2D eigenvalue weighted by molar-refractivity contribution is 6.14. The Kier molecular flexibility index (Phi) is 2.91. The van der Waals surface area contributed by atoms with Crippen molar-refractivity contribution in [1.29, 1.82) is 0 Å². The van der Waals surface area contributed by atoms with Crippen molar-refractivity contribution in [2.24, 2.45) is 4.99 Å². The van der Waals surface area contributed by atoms with E-state index in [0.717, 1.165) is 35.4 Å². The first-order valence-electron chi connectivity index (χ1n) is 6.14. The normalized spacial score (nSPS) is 13.6. The van der Waals surface area contributed by atoms with Gasteiger partial charge in [0.2, 0.25) is 0 Å². The molecule has 1 aliphatic rings. The first-order valence-corrected chi connectivity index (χ1v) is 6.14. The molecule has 0 saturated heterocycles. The van der Waals surface area contributed by atoms with Gasteiger partial charge in [-0.05, 0) is 36.2 Å². The maximum absolute atomic E-state index is 9.85. The minimum absolute atomic E-state index is 0.178. The van der Waals surface area contributed by atoms with Gasteiger partial charge >= 0.3 is 0 Å². The van der Waals surface area contributed by atoms with Gasteiger partial charge in [0.25, 0.3) is 0 Å². The molecule has 0 atom stereocenters. The van der Waals surface area contributed by atoms with Crippen molar-refractivity contribution in [2.45, 2.75) is 6.42 Å². The van der Waals surface area contributed by atoms with Crippen LogP contribution in [0.3, 0.4) is 0 Å². The SMILES string of the molecule is COc1cc2c(cc1O)CCN=C2c1ccncc1. The van der Waals surface area contributed by atoms with Crippen LogP contribution >= 0.6 is 0 Å². The highest BCUT2D eigenvalue weighted by atomic mass is 16.5. The summed E-state index contributed by atoms with van der Waals surface area (Å²) in [6, 6.07) is 7.49. The number of aliphatic imine (C=N–C) groups is 1. The molecule has 0 spiro atoms. The van der Waals surface area contributed by atoms with Crippen molar-refractivity contribution >= 4 is 5.71 Å². The summed E-state index contributed by atoms with van der Waals surface area (Å²) in [5, 5.41) is 9.85. The van der Waals surface area contributed by atoms with Crippen LogP contribution in [0.1, 0.15) is 16.7 Å². The minimum atomic E-state index is 0.178. The number of nitrogens with zero attached hydrogens (tertiary/aromatic N) is 2. The molecular weight excluding hydrogens is 240 g/mol. The molecule has 4 nitrogen and oxygen atoms in total. The zero-order chi connectivity index (χ0) is 13.2. The summed E-state index contributed by atoms with van der Waals surface area (Å²) >= 11 is 0. The Morgan fingerprint density at radius 3 is 2.74 bits per heavy atom. The third-order valence-corrected chi connectivity index (χ3v) is 3.26. The lowest BCUT2D eigenvalue weighted by Crippen LogP contribution is -2.14. The summed E-state index contributed by atoms with van der Waals surface area (Å²) < 4.78 is 5.18. The van der Waals surface area contributed by atoms with Gasteiger partial charge in [-0.2, -0.15) is 0 Å². The smallest absolute Gasteiger partial charge is 0.161 e. The van der Waals surface area contributed by atoms with Crippen molar-refractivity contribution in [3.05, 3.63) is 53.3 Å².